The molecule has 72 valence electrons. The average Bonchev–Trinajstić information content (AvgIpc) is 2.56. The average molecular weight is 197 g/mol. The molecular formula is C10H15NOS. The number of thioether (sulfide) groups is 1. The highest BCUT2D eigenvalue weighted by Crippen LogP contribution is 2.23. The van der Waals surface area contributed by atoms with E-state index in [1.807, 2.05) is 24.1 Å². The largest absolute Gasteiger partial charge is 0.472 e. The van der Waals surface area contributed by atoms with Crippen molar-refractivity contribution in [3.63, 3.8) is 0 Å². The van der Waals surface area contributed by atoms with Gasteiger partial charge >= 0.3 is 0 Å². The van der Waals surface area contributed by atoms with E-state index in [-0.39, 0.29) is 0 Å². The highest BCUT2D eigenvalue weighted by molar-refractivity contribution is 7.99. The molecule has 0 radical (unpaired) electrons. The van der Waals surface area contributed by atoms with Gasteiger partial charge in [0.2, 0.25) is 0 Å². The predicted molar refractivity (Wildman–Crippen MR) is 55.9 cm³/mol. The molecule has 2 atom stereocenters. The quantitative estimate of drug-likeness (QED) is 0.748. The minimum atomic E-state index is 0.480. The van der Waals surface area contributed by atoms with E-state index in [4.69, 9.17) is 4.42 Å². The first-order valence-corrected chi connectivity index (χ1v) is 5.85. The zero-order valence-corrected chi connectivity index (χ0v) is 8.64. The fraction of sp³-hybridized carbons (Fsp3) is 0.600. The van der Waals surface area contributed by atoms with E-state index in [0.717, 1.165) is 18.2 Å². The Morgan fingerprint density at radius 3 is 3.23 bits per heavy atom. The first-order chi connectivity index (χ1) is 6.36. The summed E-state index contributed by atoms with van der Waals surface area (Å²) in [7, 11) is 0. The van der Waals surface area contributed by atoms with Gasteiger partial charge in [0.05, 0.1) is 12.5 Å². The van der Waals surface area contributed by atoms with E-state index in [2.05, 4.69) is 12.2 Å². The van der Waals surface area contributed by atoms with Crippen molar-refractivity contribution in [3.8, 4) is 0 Å². The van der Waals surface area contributed by atoms with Gasteiger partial charge in [-0.15, -0.1) is 0 Å². The molecule has 3 heteroatoms. The topological polar surface area (TPSA) is 25.2 Å². The molecule has 0 bridgehead atoms. The number of nitrogens with one attached hydrogen (secondary N) is 1. The van der Waals surface area contributed by atoms with Crippen LogP contribution in [0.2, 0.25) is 0 Å². The molecular weight excluding hydrogens is 182 g/mol. The summed E-state index contributed by atoms with van der Waals surface area (Å²) in [5, 5.41) is 3.55. The number of furan rings is 1. The standard InChI is InChI=1S/C10H15NOS/c1-8-4-11-10(7-13-6-8)9-2-3-12-5-9/h2-3,5,8,10-11H,4,6-7H2,1H3. The second kappa shape index (κ2) is 4.20. The van der Waals surface area contributed by atoms with E-state index in [1.54, 1.807) is 6.26 Å². The van der Waals surface area contributed by atoms with E-state index in [0.29, 0.717) is 6.04 Å². The van der Waals surface area contributed by atoms with Crippen LogP contribution in [0.15, 0.2) is 23.0 Å². The first-order valence-electron chi connectivity index (χ1n) is 4.69. The predicted octanol–water partition coefficient (Wildman–Crippen LogP) is 2.29. The summed E-state index contributed by atoms with van der Waals surface area (Å²) >= 11 is 2.03. The molecule has 1 fully saturated rings. The molecule has 2 unspecified atom stereocenters. The molecule has 0 aliphatic carbocycles. The fourth-order valence-electron chi connectivity index (χ4n) is 1.54. The molecule has 0 spiro atoms. The van der Waals surface area contributed by atoms with Crippen molar-refractivity contribution >= 4 is 11.8 Å². The van der Waals surface area contributed by atoms with Crippen molar-refractivity contribution in [2.45, 2.75) is 13.0 Å². The van der Waals surface area contributed by atoms with Crippen LogP contribution in [0.3, 0.4) is 0 Å². The van der Waals surface area contributed by atoms with E-state index in [9.17, 15) is 0 Å². The van der Waals surface area contributed by atoms with Crippen molar-refractivity contribution in [1.29, 1.82) is 0 Å². The number of rotatable bonds is 1. The lowest BCUT2D eigenvalue weighted by atomic mass is 10.1. The van der Waals surface area contributed by atoms with E-state index in [1.165, 1.54) is 11.3 Å². The van der Waals surface area contributed by atoms with Crippen LogP contribution in [0.25, 0.3) is 0 Å². The third-order valence-corrected chi connectivity index (χ3v) is 3.72. The smallest absolute Gasteiger partial charge is 0.0950 e. The summed E-state index contributed by atoms with van der Waals surface area (Å²) in [6.07, 6.45) is 3.59. The van der Waals surface area contributed by atoms with Crippen LogP contribution >= 0.6 is 11.8 Å². The summed E-state index contributed by atoms with van der Waals surface area (Å²) in [5.41, 5.74) is 1.28. The lowest BCUT2D eigenvalue weighted by Crippen LogP contribution is -2.25. The van der Waals surface area contributed by atoms with Gasteiger partial charge in [0.15, 0.2) is 0 Å². The van der Waals surface area contributed by atoms with Gasteiger partial charge in [-0.2, -0.15) is 11.8 Å². The Hall–Kier alpha value is -0.410. The van der Waals surface area contributed by atoms with Gasteiger partial charge < -0.3 is 9.73 Å². The Morgan fingerprint density at radius 2 is 2.46 bits per heavy atom. The van der Waals surface area contributed by atoms with E-state index < -0.39 is 0 Å². The summed E-state index contributed by atoms with van der Waals surface area (Å²) in [4.78, 5) is 0. The van der Waals surface area contributed by atoms with Crippen LogP contribution in [0.1, 0.15) is 18.5 Å². The lowest BCUT2D eigenvalue weighted by Gasteiger charge is -2.13. The molecule has 1 aliphatic heterocycles. The zero-order valence-electron chi connectivity index (χ0n) is 7.82. The van der Waals surface area contributed by atoms with Crippen LogP contribution in [-0.2, 0) is 0 Å². The molecule has 2 rings (SSSR count). The van der Waals surface area contributed by atoms with Crippen molar-refractivity contribution in [1.82, 2.24) is 5.32 Å². The van der Waals surface area contributed by atoms with Gasteiger partial charge in [-0.1, -0.05) is 6.92 Å². The fourth-order valence-corrected chi connectivity index (χ4v) is 2.74. The third kappa shape index (κ3) is 2.29. The van der Waals surface area contributed by atoms with Crippen LogP contribution < -0.4 is 5.32 Å². The molecule has 1 saturated heterocycles. The number of hydrogen-bond donors (Lipinski definition) is 1. The highest BCUT2D eigenvalue weighted by atomic mass is 32.2. The molecule has 1 aromatic rings. The monoisotopic (exact) mass is 197 g/mol. The van der Waals surface area contributed by atoms with Crippen molar-refractivity contribution in [2.75, 3.05) is 18.1 Å². The maximum absolute atomic E-state index is 5.09. The van der Waals surface area contributed by atoms with Gasteiger partial charge in [0.25, 0.3) is 0 Å². The maximum atomic E-state index is 5.09. The van der Waals surface area contributed by atoms with Crippen LogP contribution in [0.5, 0.6) is 0 Å². The second-order valence-electron chi connectivity index (χ2n) is 3.66. The van der Waals surface area contributed by atoms with Gasteiger partial charge in [0, 0.05) is 17.4 Å². The Kier molecular flexibility index (Phi) is 2.96. The normalized spacial score (nSPS) is 29.9. The second-order valence-corrected chi connectivity index (χ2v) is 4.74. The van der Waals surface area contributed by atoms with Crippen molar-refractivity contribution < 1.29 is 4.42 Å². The molecule has 0 saturated carbocycles. The Labute approximate surface area is 83.1 Å². The van der Waals surface area contributed by atoms with Gasteiger partial charge in [0.1, 0.15) is 0 Å². The molecule has 1 N–H and O–H groups in total. The molecule has 2 heterocycles. The van der Waals surface area contributed by atoms with Crippen molar-refractivity contribution in [3.05, 3.63) is 24.2 Å². The summed E-state index contributed by atoms with van der Waals surface area (Å²) < 4.78 is 5.09. The van der Waals surface area contributed by atoms with Gasteiger partial charge in [-0.25, -0.2) is 0 Å². The summed E-state index contributed by atoms with van der Waals surface area (Å²) in [6, 6.07) is 2.53. The van der Waals surface area contributed by atoms with Crippen LogP contribution in [0.4, 0.5) is 0 Å². The highest BCUT2D eigenvalue weighted by Gasteiger charge is 2.17. The van der Waals surface area contributed by atoms with Crippen LogP contribution in [0, 0.1) is 5.92 Å². The Morgan fingerprint density at radius 1 is 1.54 bits per heavy atom. The zero-order chi connectivity index (χ0) is 9.10. The molecule has 0 aromatic carbocycles. The van der Waals surface area contributed by atoms with Crippen LogP contribution in [-0.4, -0.2) is 18.1 Å². The lowest BCUT2D eigenvalue weighted by molar-refractivity contribution is 0.508. The van der Waals surface area contributed by atoms with E-state index >= 15 is 0 Å². The summed E-state index contributed by atoms with van der Waals surface area (Å²) in [6.45, 7) is 3.40. The van der Waals surface area contributed by atoms with Gasteiger partial charge in [-0.05, 0) is 24.3 Å². The SMILES string of the molecule is CC1CNC(c2ccoc2)CSC1. The first kappa shape index (κ1) is 9.16. The molecule has 13 heavy (non-hydrogen) atoms. The molecule has 0 amide bonds. The minimum Gasteiger partial charge on any atom is -0.472 e. The maximum Gasteiger partial charge on any atom is 0.0950 e. The van der Waals surface area contributed by atoms with Gasteiger partial charge in [-0.3, -0.25) is 0 Å². The minimum absolute atomic E-state index is 0.480. The third-order valence-electron chi connectivity index (χ3n) is 2.35. The molecule has 1 aliphatic rings. The van der Waals surface area contributed by atoms with Crippen molar-refractivity contribution in [2.24, 2.45) is 5.92 Å². The summed E-state index contributed by atoms with van der Waals surface area (Å²) in [5.74, 6) is 3.20. The molecule has 1 aromatic heterocycles. The number of hydrogen-bond acceptors (Lipinski definition) is 3. The Bertz CT molecular complexity index is 247. The molecule has 2 nitrogen and oxygen atoms in total. The Balaban J connectivity index is 2.00.